The summed E-state index contributed by atoms with van der Waals surface area (Å²) in [7, 11) is 0. The predicted molar refractivity (Wildman–Crippen MR) is 55.3 cm³/mol. The average Bonchev–Trinajstić information content (AvgIpc) is 2.14. The SMILES string of the molecule is NC(=O)CC[C@H](N)C(=O)O.NCCC(=O)O. The smallest absolute Gasteiger partial charge is 0.320 e. The molecule has 0 fully saturated rings. The van der Waals surface area contributed by atoms with E-state index in [0.29, 0.717) is 0 Å². The van der Waals surface area contributed by atoms with Gasteiger partial charge in [0.1, 0.15) is 6.04 Å². The van der Waals surface area contributed by atoms with E-state index in [9.17, 15) is 14.4 Å². The van der Waals surface area contributed by atoms with Gasteiger partial charge >= 0.3 is 11.9 Å². The maximum absolute atomic E-state index is 10.1. The molecule has 1 amide bonds. The number of amides is 1. The Hall–Kier alpha value is -1.67. The van der Waals surface area contributed by atoms with Crippen molar-refractivity contribution in [3.05, 3.63) is 0 Å². The highest BCUT2D eigenvalue weighted by atomic mass is 16.4. The highest BCUT2D eigenvalue weighted by Gasteiger charge is 2.11. The minimum absolute atomic E-state index is 0.0213. The van der Waals surface area contributed by atoms with Gasteiger partial charge < -0.3 is 27.4 Å². The van der Waals surface area contributed by atoms with Crippen LogP contribution < -0.4 is 17.2 Å². The van der Waals surface area contributed by atoms with E-state index in [1.165, 1.54) is 0 Å². The highest BCUT2D eigenvalue weighted by molar-refractivity contribution is 5.76. The number of hydrogen-bond donors (Lipinski definition) is 5. The molecule has 0 saturated carbocycles. The third-order valence-electron chi connectivity index (χ3n) is 1.38. The molecule has 8 heteroatoms. The van der Waals surface area contributed by atoms with Gasteiger partial charge in [0.25, 0.3) is 0 Å². The lowest BCUT2D eigenvalue weighted by molar-refractivity contribution is -0.139. The molecule has 8 N–H and O–H groups in total. The van der Waals surface area contributed by atoms with E-state index >= 15 is 0 Å². The van der Waals surface area contributed by atoms with Gasteiger partial charge in [0.05, 0.1) is 6.42 Å². The first-order valence-corrected chi connectivity index (χ1v) is 4.49. The Morgan fingerprint density at radius 2 is 1.62 bits per heavy atom. The topological polar surface area (TPSA) is 170 Å². The number of carbonyl (C=O) groups excluding carboxylic acids is 1. The Balaban J connectivity index is 0. The Kier molecular flexibility index (Phi) is 10.3. The van der Waals surface area contributed by atoms with E-state index in [-0.39, 0.29) is 25.8 Å². The summed E-state index contributed by atoms with van der Waals surface area (Å²) in [5.41, 5.74) is 14.7. The van der Waals surface area contributed by atoms with Crippen LogP contribution in [-0.4, -0.2) is 40.6 Å². The lowest BCUT2D eigenvalue weighted by atomic mass is 10.2. The molecule has 1 atom stereocenters. The van der Waals surface area contributed by atoms with Gasteiger partial charge in [-0.15, -0.1) is 0 Å². The molecule has 16 heavy (non-hydrogen) atoms. The number of carboxylic acid groups (broad SMARTS) is 2. The summed E-state index contributed by atoms with van der Waals surface area (Å²) in [4.78, 5) is 29.7. The molecular weight excluding hydrogens is 218 g/mol. The molecule has 0 heterocycles. The second kappa shape index (κ2) is 9.87. The molecule has 0 aliphatic heterocycles. The molecule has 0 rings (SSSR count). The van der Waals surface area contributed by atoms with Crippen molar-refractivity contribution in [3.8, 4) is 0 Å². The summed E-state index contributed by atoms with van der Waals surface area (Å²) < 4.78 is 0. The van der Waals surface area contributed by atoms with Crippen molar-refractivity contribution in [2.24, 2.45) is 17.2 Å². The lowest BCUT2D eigenvalue weighted by Crippen LogP contribution is -2.31. The second-order valence-electron chi connectivity index (χ2n) is 2.88. The predicted octanol–water partition coefficient (Wildman–Crippen LogP) is -1.92. The third-order valence-corrected chi connectivity index (χ3v) is 1.38. The number of nitrogens with two attached hydrogens (primary N) is 3. The molecule has 0 aromatic carbocycles. The summed E-state index contributed by atoms with van der Waals surface area (Å²) >= 11 is 0. The van der Waals surface area contributed by atoms with E-state index in [2.05, 4.69) is 0 Å². The molecule has 8 nitrogen and oxygen atoms in total. The second-order valence-corrected chi connectivity index (χ2v) is 2.88. The van der Waals surface area contributed by atoms with Crippen LogP contribution in [0.4, 0.5) is 0 Å². The number of aliphatic carboxylic acids is 2. The molecule has 0 aliphatic carbocycles. The fourth-order valence-electron chi connectivity index (χ4n) is 0.545. The zero-order valence-corrected chi connectivity index (χ0v) is 8.76. The first kappa shape index (κ1) is 16.7. The quantitative estimate of drug-likeness (QED) is 0.357. The monoisotopic (exact) mass is 235 g/mol. The minimum atomic E-state index is -1.11. The molecule has 0 bridgehead atoms. The number of primary amides is 1. The van der Waals surface area contributed by atoms with Gasteiger partial charge in [0, 0.05) is 13.0 Å². The first-order valence-electron chi connectivity index (χ1n) is 4.49. The molecule has 94 valence electrons. The van der Waals surface area contributed by atoms with Gasteiger partial charge in [-0.25, -0.2) is 0 Å². The van der Waals surface area contributed by atoms with Crippen LogP contribution in [0.1, 0.15) is 19.3 Å². The Morgan fingerprint density at radius 1 is 1.12 bits per heavy atom. The van der Waals surface area contributed by atoms with Crippen LogP contribution >= 0.6 is 0 Å². The summed E-state index contributed by atoms with van der Waals surface area (Å²) in [6.45, 7) is 0.231. The summed E-state index contributed by atoms with van der Waals surface area (Å²) in [6.07, 6.45) is 0.193. The van der Waals surface area contributed by atoms with Gasteiger partial charge in [-0.3, -0.25) is 14.4 Å². The Morgan fingerprint density at radius 3 is 1.81 bits per heavy atom. The molecule has 0 spiro atoms. The average molecular weight is 235 g/mol. The van der Waals surface area contributed by atoms with Crippen molar-refractivity contribution in [1.82, 2.24) is 0 Å². The number of hydrogen-bond acceptors (Lipinski definition) is 5. The van der Waals surface area contributed by atoms with Crippen molar-refractivity contribution < 1.29 is 24.6 Å². The summed E-state index contributed by atoms with van der Waals surface area (Å²) in [5, 5.41) is 16.1. The standard InChI is InChI=1S/C5H10N2O3.C3H7NO2/c6-3(5(9)10)1-2-4(7)8;4-2-1-3(5)6/h3H,1-2,6H2,(H2,7,8)(H,9,10);1-2,4H2,(H,5,6)/t3-;/m0./s1. The highest BCUT2D eigenvalue weighted by Crippen LogP contribution is 1.92. The van der Waals surface area contributed by atoms with Crippen LogP contribution in [0, 0.1) is 0 Å². The first-order chi connectivity index (χ1) is 7.31. The van der Waals surface area contributed by atoms with Crippen molar-refractivity contribution in [3.63, 3.8) is 0 Å². The molecule has 0 aromatic heterocycles. The molecule has 0 aliphatic rings. The zero-order valence-electron chi connectivity index (χ0n) is 8.76. The van der Waals surface area contributed by atoms with Crippen LogP contribution in [0.2, 0.25) is 0 Å². The van der Waals surface area contributed by atoms with Gasteiger partial charge in [-0.05, 0) is 6.42 Å². The van der Waals surface area contributed by atoms with E-state index in [1.54, 1.807) is 0 Å². The van der Waals surface area contributed by atoms with Gasteiger partial charge in [0.2, 0.25) is 5.91 Å². The molecule has 0 radical (unpaired) electrons. The summed E-state index contributed by atoms with van der Waals surface area (Å²) in [5.74, 6) is -2.48. The molecule has 0 saturated heterocycles. The fourth-order valence-corrected chi connectivity index (χ4v) is 0.545. The third kappa shape index (κ3) is 14.8. The van der Waals surface area contributed by atoms with E-state index in [4.69, 9.17) is 27.4 Å². The number of rotatable bonds is 6. The van der Waals surface area contributed by atoms with Crippen LogP contribution in [0.15, 0.2) is 0 Å². The van der Waals surface area contributed by atoms with Crippen molar-refractivity contribution >= 4 is 17.8 Å². The van der Waals surface area contributed by atoms with E-state index in [0.717, 1.165) is 0 Å². The van der Waals surface area contributed by atoms with Gasteiger partial charge in [0.15, 0.2) is 0 Å². The Labute approximate surface area is 92.4 Å². The zero-order chi connectivity index (χ0) is 13.1. The largest absolute Gasteiger partial charge is 0.481 e. The van der Waals surface area contributed by atoms with Crippen molar-refractivity contribution in [1.29, 1.82) is 0 Å². The van der Waals surface area contributed by atoms with Crippen LogP contribution in [0.25, 0.3) is 0 Å². The van der Waals surface area contributed by atoms with Crippen LogP contribution in [-0.2, 0) is 14.4 Å². The van der Waals surface area contributed by atoms with E-state index < -0.39 is 23.9 Å². The maximum Gasteiger partial charge on any atom is 0.320 e. The minimum Gasteiger partial charge on any atom is -0.481 e. The van der Waals surface area contributed by atoms with Gasteiger partial charge in [-0.2, -0.15) is 0 Å². The number of carbonyl (C=O) groups is 3. The molecule has 0 aromatic rings. The van der Waals surface area contributed by atoms with Crippen LogP contribution in [0.5, 0.6) is 0 Å². The van der Waals surface area contributed by atoms with Crippen LogP contribution in [0.3, 0.4) is 0 Å². The van der Waals surface area contributed by atoms with Crippen molar-refractivity contribution in [2.75, 3.05) is 6.54 Å². The lowest BCUT2D eigenvalue weighted by Gasteiger charge is -2.01. The molecule has 0 unspecified atom stereocenters. The van der Waals surface area contributed by atoms with Gasteiger partial charge in [-0.1, -0.05) is 0 Å². The van der Waals surface area contributed by atoms with E-state index in [1.807, 2.05) is 0 Å². The maximum atomic E-state index is 10.1. The normalized spacial score (nSPS) is 10.9. The Bertz CT molecular complexity index is 244. The molecular formula is C8H17N3O5. The fraction of sp³-hybridized carbons (Fsp3) is 0.625. The van der Waals surface area contributed by atoms with Crippen molar-refractivity contribution in [2.45, 2.75) is 25.3 Å². The summed E-state index contributed by atoms with van der Waals surface area (Å²) in [6, 6.07) is -0.979. The number of carboxylic acids is 2.